The first-order valence-electron chi connectivity index (χ1n) is 5.15. The van der Waals surface area contributed by atoms with Gasteiger partial charge in [-0.25, -0.2) is 9.97 Å². The van der Waals surface area contributed by atoms with E-state index in [1.54, 1.807) is 12.4 Å². The van der Waals surface area contributed by atoms with Crippen molar-refractivity contribution in [2.45, 2.75) is 0 Å². The minimum Gasteiger partial charge on any atom is -0.264 e. The smallest absolute Gasteiger partial charge is 0.116 e. The van der Waals surface area contributed by atoms with Crippen LogP contribution in [0, 0.1) is 0 Å². The fraction of sp³-hybridized carbons (Fsp3) is 0. The van der Waals surface area contributed by atoms with Crippen LogP contribution in [0.1, 0.15) is 0 Å². The summed E-state index contributed by atoms with van der Waals surface area (Å²) in [5, 5.41) is 2.71. The minimum absolute atomic E-state index is 0.553. The predicted octanol–water partition coefficient (Wildman–Crippen LogP) is 3.35. The molecule has 3 aromatic rings. The van der Waals surface area contributed by atoms with E-state index in [4.69, 9.17) is 11.6 Å². The maximum absolute atomic E-state index is 6.12. The number of rotatable bonds is 1. The zero-order chi connectivity index (χ0) is 11.7. The highest BCUT2D eigenvalue weighted by atomic mass is 35.5. The molecule has 3 rings (SSSR count). The maximum atomic E-state index is 6.12. The highest BCUT2D eigenvalue weighted by Gasteiger charge is 2.08. The van der Waals surface area contributed by atoms with Crippen molar-refractivity contribution in [1.82, 2.24) is 15.0 Å². The van der Waals surface area contributed by atoms with E-state index in [0.717, 1.165) is 22.0 Å². The normalized spacial score (nSPS) is 10.6. The molecule has 0 aliphatic carbocycles. The van der Waals surface area contributed by atoms with Gasteiger partial charge in [0.1, 0.15) is 6.33 Å². The van der Waals surface area contributed by atoms with Crippen LogP contribution in [0.4, 0.5) is 0 Å². The summed E-state index contributed by atoms with van der Waals surface area (Å²) >= 11 is 6.12. The van der Waals surface area contributed by atoms with Crippen LogP contribution in [0.5, 0.6) is 0 Å². The molecule has 0 saturated carbocycles. The number of halogens is 1. The minimum atomic E-state index is 0.553. The lowest BCUT2D eigenvalue weighted by molar-refractivity contribution is 1.17. The van der Waals surface area contributed by atoms with Crippen molar-refractivity contribution in [2.24, 2.45) is 0 Å². The van der Waals surface area contributed by atoms with Gasteiger partial charge in [-0.3, -0.25) is 4.98 Å². The largest absolute Gasteiger partial charge is 0.264 e. The Hall–Kier alpha value is -2.00. The van der Waals surface area contributed by atoms with Gasteiger partial charge in [0, 0.05) is 29.5 Å². The third-order valence-electron chi connectivity index (χ3n) is 2.60. The lowest BCUT2D eigenvalue weighted by Gasteiger charge is -2.06. The molecule has 0 spiro atoms. The van der Waals surface area contributed by atoms with Gasteiger partial charge < -0.3 is 0 Å². The number of hydrogen-bond acceptors (Lipinski definition) is 3. The van der Waals surface area contributed by atoms with E-state index >= 15 is 0 Å². The summed E-state index contributed by atoms with van der Waals surface area (Å²) in [5.41, 5.74) is 1.75. The Morgan fingerprint density at radius 1 is 1.00 bits per heavy atom. The highest BCUT2D eigenvalue weighted by Crippen LogP contribution is 2.30. The van der Waals surface area contributed by atoms with E-state index in [0.29, 0.717) is 5.02 Å². The van der Waals surface area contributed by atoms with Gasteiger partial charge in [0.05, 0.1) is 10.7 Å². The molecule has 0 radical (unpaired) electrons. The summed E-state index contributed by atoms with van der Waals surface area (Å²) in [6.07, 6.45) is 6.69. The molecular weight excluding hydrogens is 234 g/mol. The summed E-state index contributed by atoms with van der Waals surface area (Å²) in [6, 6.07) is 7.94. The van der Waals surface area contributed by atoms with E-state index < -0.39 is 0 Å². The van der Waals surface area contributed by atoms with Crippen LogP contribution < -0.4 is 0 Å². The van der Waals surface area contributed by atoms with Gasteiger partial charge in [0.2, 0.25) is 0 Å². The lowest BCUT2D eigenvalue weighted by atomic mass is 10.0. The Morgan fingerprint density at radius 3 is 2.82 bits per heavy atom. The molecule has 0 aliphatic heterocycles. The van der Waals surface area contributed by atoms with Gasteiger partial charge in [-0.1, -0.05) is 29.8 Å². The third-order valence-corrected chi connectivity index (χ3v) is 2.88. The molecule has 0 atom stereocenters. The second kappa shape index (κ2) is 4.11. The molecule has 0 unspecified atom stereocenters. The molecule has 0 aliphatic rings. The van der Waals surface area contributed by atoms with Gasteiger partial charge in [-0.15, -0.1) is 0 Å². The molecule has 82 valence electrons. The van der Waals surface area contributed by atoms with Gasteiger partial charge >= 0.3 is 0 Å². The van der Waals surface area contributed by atoms with Crippen LogP contribution in [-0.2, 0) is 0 Å². The quantitative estimate of drug-likeness (QED) is 0.656. The number of pyridine rings is 1. The molecule has 1 aromatic carbocycles. The second-order valence-corrected chi connectivity index (χ2v) is 4.03. The molecule has 0 saturated heterocycles. The molecule has 2 aromatic heterocycles. The van der Waals surface area contributed by atoms with Crippen molar-refractivity contribution in [2.75, 3.05) is 0 Å². The van der Waals surface area contributed by atoms with Crippen molar-refractivity contribution < 1.29 is 0 Å². The van der Waals surface area contributed by atoms with Crippen molar-refractivity contribution in [1.29, 1.82) is 0 Å². The zero-order valence-electron chi connectivity index (χ0n) is 8.84. The van der Waals surface area contributed by atoms with Gasteiger partial charge in [-0.05, 0) is 11.5 Å². The van der Waals surface area contributed by atoms with E-state index in [9.17, 15) is 0 Å². The average Bonchev–Trinajstić information content (AvgIpc) is 2.39. The topological polar surface area (TPSA) is 38.7 Å². The Labute approximate surface area is 103 Å². The Balaban J connectivity index is 2.35. The first-order valence-corrected chi connectivity index (χ1v) is 5.52. The summed E-state index contributed by atoms with van der Waals surface area (Å²) in [6.45, 7) is 0. The number of fused-ring (bicyclic) bond motifs is 1. The zero-order valence-corrected chi connectivity index (χ0v) is 9.59. The molecule has 0 bridgehead atoms. The molecule has 17 heavy (non-hydrogen) atoms. The van der Waals surface area contributed by atoms with Crippen molar-refractivity contribution >= 4 is 22.4 Å². The number of benzene rings is 1. The van der Waals surface area contributed by atoms with Crippen LogP contribution in [0.15, 0.2) is 49.2 Å². The number of hydrogen-bond donors (Lipinski definition) is 0. The first-order chi connectivity index (χ1) is 8.36. The fourth-order valence-corrected chi connectivity index (χ4v) is 2.05. The van der Waals surface area contributed by atoms with Gasteiger partial charge in [-0.2, -0.15) is 0 Å². The molecule has 2 heterocycles. The molecule has 4 heteroatoms. The Bertz CT molecular complexity index is 677. The third kappa shape index (κ3) is 1.74. The fourth-order valence-electron chi connectivity index (χ4n) is 1.84. The SMILES string of the molecule is Clc1cncnc1-c1cccc2cnccc12. The Morgan fingerprint density at radius 2 is 1.94 bits per heavy atom. The predicted molar refractivity (Wildman–Crippen MR) is 67.8 cm³/mol. The van der Waals surface area contributed by atoms with E-state index in [1.807, 2.05) is 30.5 Å². The summed E-state index contributed by atoms with van der Waals surface area (Å²) in [4.78, 5) is 12.2. The highest BCUT2D eigenvalue weighted by molar-refractivity contribution is 6.33. The van der Waals surface area contributed by atoms with Crippen LogP contribution in [0.25, 0.3) is 22.0 Å². The molecule has 0 N–H and O–H groups in total. The van der Waals surface area contributed by atoms with Crippen LogP contribution in [0.3, 0.4) is 0 Å². The number of nitrogens with zero attached hydrogens (tertiary/aromatic N) is 3. The molecule has 3 nitrogen and oxygen atoms in total. The molecular formula is C13H8ClN3. The number of aromatic nitrogens is 3. The summed E-state index contributed by atoms with van der Waals surface area (Å²) in [7, 11) is 0. The first kappa shape index (κ1) is 10.2. The van der Waals surface area contributed by atoms with Crippen molar-refractivity contribution in [3.05, 3.63) is 54.2 Å². The van der Waals surface area contributed by atoms with Crippen molar-refractivity contribution in [3.63, 3.8) is 0 Å². The summed E-state index contributed by atoms with van der Waals surface area (Å²) in [5.74, 6) is 0. The maximum Gasteiger partial charge on any atom is 0.116 e. The van der Waals surface area contributed by atoms with E-state index in [2.05, 4.69) is 15.0 Å². The standard InChI is InChI=1S/C13H8ClN3/c14-12-7-16-8-17-13(12)11-3-1-2-9-6-15-5-4-10(9)11/h1-8H. The second-order valence-electron chi connectivity index (χ2n) is 3.62. The van der Waals surface area contributed by atoms with Crippen LogP contribution in [-0.4, -0.2) is 15.0 Å². The van der Waals surface area contributed by atoms with E-state index in [-0.39, 0.29) is 0 Å². The summed E-state index contributed by atoms with van der Waals surface area (Å²) < 4.78 is 0. The average molecular weight is 242 g/mol. The molecule has 0 amide bonds. The molecule has 0 fully saturated rings. The van der Waals surface area contributed by atoms with Gasteiger partial charge in [0.15, 0.2) is 0 Å². The van der Waals surface area contributed by atoms with Crippen LogP contribution >= 0.6 is 11.6 Å². The monoisotopic (exact) mass is 241 g/mol. The van der Waals surface area contributed by atoms with E-state index in [1.165, 1.54) is 6.33 Å². The Kier molecular flexibility index (Phi) is 2.46. The lowest BCUT2D eigenvalue weighted by Crippen LogP contribution is -1.88. The van der Waals surface area contributed by atoms with Gasteiger partial charge in [0.25, 0.3) is 0 Å². The van der Waals surface area contributed by atoms with Crippen molar-refractivity contribution in [3.8, 4) is 11.3 Å². The van der Waals surface area contributed by atoms with Crippen LogP contribution in [0.2, 0.25) is 5.02 Å².